The van der Waals surface area contributed by atoms with Crippen LogP contribution in [0, 0.1) is 0 Å². The predicted octanol–water partition coefficient (Wildman–Crippen LogP) is 2.60. The molecule has 0 aliphatic carbocycles. The summed E-state index contributed by atoms with van der Waals surface area (Å²) in [6, 6.07) is 4.61. The largest absolute Gasteiger partial charge is 0.504 e. The average molecular weight is 229 g/mol. The van der Waals surface area contributed by atoms with E-state index in [1.165, 1.54) is 13.0 Å². The number of carbonyl (C=O) groups is 1. The number of alkyl halides is 1. The molecule has 0 aliphatic rings. The molecule has 0 radical (unpaired) electrons. The molecule has 0 bridgehead atoms. The molecular formula is C11H13ClO3. The number of ether oxygens (including phenoxy) is 1. The molecule has 0 spiro atoms. The van der Waals surface area contributed by atoms with Crippen LogP contribution in [0.25, 0.3) is 0 Å². The molecule has 0 unspecified atom stereocenters. The van der Waals surface area contributed by atoms with Gasteiger partial charge in [-0.1, -0.05) is 0 Å². The highest BCUT2D eigenvalue weighted by Gasteiger charge is 2.06. The molecule has 0 saturated heterocycles. The van der Waals surface area contributed by atoms with E-state index in [1.807, 2.05) is 0 Å². The van der Waals surface area contributed by atoms with Gasteiger partial charge in [-0.25, -0.2) is 0 Å². The number of hydrogen-bond donors (Lipinski definition) is 1. The van der Waals surface area contributed by atoms with Crippen molar-refractivity contribution < 1.29 is 14.6 Å². The van der Waals surface area contributed by atoms with E-state index in [-0.39, 0.29) is 11.5 Å². The van der Waals surface area contributed by atoms with E-state index in [1.54, 1.807) is 12.1 Å². The lowest BCUT2D eigenvalue weighted by atomic mass is 10.1. The lowest BCUT2D eigenvalue weighted by Gasteiger charge is -2.07. The Morgan fingerprint density at radius 2 is 2.27 bits per heavy atom. The number of aromatic hydroxyl groups is 1. The highest BCUT2D eigenvalue weighted by molar-refractivity contribution is 6.17. The second-order valence-corrected chi connectivity index (χ2v) is 3.51. The third kappa shape index (κ3) is 3.44. The molecule has 0 amide bonds. The third-order valence-corrected chi connectivity index (χ3v) is 2.17. The topological polar surface area (TPSA) is 46.5 Å². The molecule has 0 heterocycles. The van der Waals surface area contributed by atoms with Crippen molar-refractivity contribution >= 4 is 17.4 Å². The first-order chi connectivity index (χ1) is 7.15. The molecule has 82 valence electrons. The van der Waals surface area contributed by atoms with Crippen molar-refractivity contribution in [1.82, 2.24) is 0 Å². The van der Waals surface area contributed by atoms with E-state index >= 15 is 0 Å². The summed E-state index contributed by atoms with van der Waals surface area (Å²) < 4.78 is 5.27. The highest BCUT2D eigenvalue weighted by Crippen LogP contribution is 2.26. The van der Waals surface area contributed by atoms with Crippen LogP contribution in [0.1, 0.15) is 23.7 Å². The molecule has 0 aromatic heterocycles. The Hall–Kier alpha value is -1.22. The standard InChI is InChI=1S/C11H13ClO3/c1-8(13)9-3-4-11(10(14)7-9)15-6-2-5-12/h3-4,7,14H,2,5-6H2,1H3. The normalized spacial score (nSPS) is 10.0. The SMILES string of the molecule is CC(=O)c1ccc(OCCCCl)c(O)c1. The van der Waals surface area contributed by atoms with Crippen LogP contribution in [0.15, 0.2) is 18.2 Å². The van der Waals surface area contributed by atoms with Gasteiger partial charge in [0.2, 0.25) is 0 Å². The quantitative estimate of drug-likeness (QED) is 0.479. The van der Waals surface area contributed by atoms with Gasteiger partial charge in [-0.2, -0.15) is 0 Å². The molecule has 4 heteroatoms. The Morgan fingerprint density at radius 1 is 1.53 bits per heavy atom. The van der Waals surface area contributed by atoms with E-state index in [0.717, 1.165) is 6.42 Å². The van der Waals surface area contributed by atoms with Crippen LogP contribution in [-0.4, -0.2) is 23.4 Å². The average Bonchev–Trinajstić information content (AvgIpc) is 2.20. The zero-order valence-electron chi connectivity index (χ0n) is 8.50. The summed E-state index contributed by atoms with van der Waals surface area (Å²) in [6.45, 7) is 1.90. The van der Waals surface area contributed by atoms with Gasteiger partial charge < -0.3 is 9.84 Å². The van der Waals surface area contributed by atoms with E-state index in [9.17, 15) is 9.90 Å². The Balaban J connectivity index is 2.70. The monoisotopic (exact) mass is 228 g/mol. The molecule has 15 heavy (non-hydrogen) atoms. The number of Topliss-reactive ketones (excluding diaryl/α,β-unsaturated/α-hetero) is 1. The number of phenols is 1. The van der Waals surface area contributed by atoms with Crippen LogP contribution >= 0.6 is 11.6 Å². The molecule has 3 nitrogen and oxygen atoms in total. The Bertz CT molecular complexity index is 350. The van der Waals surface area contributed by atoms with E-state index in [0.29, 0.717) is 23.8 Å². The fourth-order valence-electron chi connectivity index (χ4n) is 1.10. The summed E-state index contributed by atoms with van der Waals surface area (Å²) in [4.78, 5) is 11.0. The van der Waals surface area contributed by atoms with E-state index in [4.69, 9.17) is 16.3 Å². The van der Waals surface area contributed by atoms with E-state index < -0.39 is 0 Å². The number of halogens is 1. The predicted molar refractivity (Wildman–Crippen MR) is 58.9 cm³/mol. The van der Waals surface area contributed by atoms with Crippen molar-refractivity contribution in [1.29, 1.82) is 0 Å². The van der Waals surface area contributed by atoms with Gasteiger partial charge in [-0.3, -0.25) is 4.79 Å². The van der Waals surface area contributed by atoms with Gasteiger partial charge >= 0.3 is 0 Å². The number of rotatable bonds is 5. The fourth-order valence-corrected chi connectivity index (χ4v) is 1.20. The smallest absolute Gasteiger partial charge is 0.160 e. The molecule has 1 N–H and O–H groups in total. The van der Waals surface area contributed by atoms with Gasteiger partial charge in [-0.15, -0.1) is 11.6 Å². The molecular weight excluding hydrogens is 216 g/mol. The summed E-state index contributed by atoms with van der Waals surface area (Å²) in [6.07, 6.45) is 0.718. The third-order valence-electron chi connectivity index (χ3n) is 1.90. The lowest BCUT2D eigenvalue weighted by Crippen LogP contribution is -1.99. The van der Waals surface area contributed by atoms with Gasteiger partial charge in [0.25, 0.3) is 0 Å². The van der Waals surface area contributed by atoms with E-state index in [2.05, 4.69) is 0 Å². The van der Waals surface area contributed by atoms with Gasteiger partial charge in [0.1, 0.15) is 0 Å². The van der Waals surface area contributed by atoms with Crippen LogP contribution in [0.5, 0.6) is 11.5 Å². The van der Waals surface area contributed by atoms with Crippen molar-refractivity contribution in [2.45, 2.75) is 13.3 Å². The van der Waals surface area contributed by atoms with Crippen molar-refractivity contribution in [3.8, 4) is 11.5 Å². The minimum atomic E-state index is -0.0855. The molecule has 1 aromatic rings. The van der Waals surface area contributed by atoms with Crippen LogP contribution in [0.2, 0.25) is 0 Å². The fraction of sp³-hybridized carbons (Fsp3) is 0.364. The van der Waals surface area contributed by atoms with Crippen molar-refractivity contribution in [3.05, 3.63) is 23.8 Å². The van der Waals surface area contributed by atoms with Gasteiger partial charge in [0.05, 0.1) is 6.61 Å². The molecule has 0 fully saturated rings. The number of carbonyl (C=O) groups excluding carboxylic acids is 1. The maximum absolute atomic E-state index is 11.0. The Kier molecular flexibility index (Phi) is 4.43. The number of hydrogen-bond acceptors (Lipinski definition) is 3. The zero-order chi connectivity index (χ0) is 11.3. The summed E-state index contributed by atoms with van der Waals surface area (Å²) >= 11 is 5.49. The van der Waals surface area contributed by atoms with Gasteiger partial charge in [0.15, 0.2) is 17.3 Å². The maximum atomic E-state index is 11.0. The molecule has 1 rings (SSSR count). The van der Waals surface area contributed by atoms with Gasteiger partial charge in [-0.05, 0) is 31.5 Å². The number of phenolic OH excluding ortho intramolecular Hbond substituents is 1. The maximum Gasteiger partial charge on any atom is 0.160 e. The summed E-state index contributed by atoms with van der Waals surface area (Å²) in [5, 5.41) is 9.53. The summed E-state index contributed by atoms with van der Waals surface area (Å²) in [7, 11) is 0. The molecule has 0 saturated carbocycles. The number of benzene rings is 1. The molecule has 0 aliphatic heterocycles. The van der Waals surface area contributed by atoms with Crippen LogP contribution in [0.3, 0.4) is 0 Å². The van der Waals surface area contributed by atoms with Crippen molar-refractivity contribution in [3.63, 3.8) is 0 Å². The van der Waals surface area contributed by atoms with Crippen molar-refractivity contribution in [2.24, 2.45) is 0 Å². The van der Waals surface area contributed by atoms with Gasteiger partial charge in [0, 0.05) is 11.4 Å². The summed E-state index contributed by atoms with van der Waals surface area (Å²) in [5.74, 6) is 0.798. The second kappa shape index (κ2) is 5.61. The molecule has 0 atom stereocenters. The minimum absolute atomic E-state index is 0.0164. The second-order valence-electron chi connectivity index (χ2n) is 3.13. The minimum Gasteiger partial charge on any atom is -0.504 e. The van der Waals surface area contributed by atoms with Crippen LogP contribution in [-0.2, 0) is 0 Å². The Morgan fingerprint density at radius 3 is 2.80 bits per heavy atom. The highest BCUT2D eigenvalue weighted by atomic mass is 35.5. The molecule has 1 aromatic carbocycles. The first-order valence-corrected chi connectivity index (χ1v) is 5.21. The Labute approximate surface area is 93.6 Å². The number of ketones is 1. The lowest BCUT2D eigenvalue weighted by molar-refractivity contribution is 0.101. The first kappa shape index (κ1) is 11.9. The van der Waals surface area contributed by atoms with Crippen LogP contribution < -0.4 is 4.74 Å². The first-order valence-electron chi connectivity index (χ1n) is 4.68. The van der Waals surface area contributed by atoms with Crippen LogP contribution in [0.4, 0.5) is 0 Å². The zero-order valence-corrected chi connectivity index (χ0v) is 9.25. The van der Waals surface area contributed by atoms with Crippen molar-refractivity contribution in [2.75, 3.05) is 12.5 Å². The summed E-state index contributed by atoms with van der Waals surface area (Å²) in [5.41, 5.74) is 0.470.